The Morgan fingerprint density at radius 3 is 2.70 bits per heavy atom. The maximum atomic E-state index is 6.18. The van der Waals surface area contributed by atoms with Crippen molar-refractivity contribution >= 4 is 17.3 Å². The molecule has 27 heavy (non-hydrogen) atoms. The van der Waals surface area contributed by atoms with Crippen LogP contribution in [0.25, 0.3) is 0 Å². The molecule has 4 nitrogen and oxygen atoms in total. The van der Waals surface area contributed by atoms with Crippen molar-refractivity contribution in [2.75, 3.05) is 25.0 Å². The summed E-state index contributed by atoms with van der Waals surface area (Å²) < 4.78 is 5.98. The molecule has 1 N–H and O–H groups in total. The zero-order chi connectivity index (χ0) is 18.9. The van der Waals surface area contributed by atoms with Gasteiger partial charge in [0.05, 0.1) is 0 Å². The van der Waals surface area contributed by atoms with Gasteiger partial charge in [-0.25, -0.2) is 0 Å². The van der Waals surface area contributed by atoms with Gasteiger partial charge >= 0.3 is 0 Å². The zero-order valence-electron chi connectivity index (χ0n) is 15.4. The van der Waals surface area contributed by atoms with Crippen LogP contribution >= 0.6 is 11.6 Å². The van der Waals surface area contributed by atoms with E-state index in [0.29, 0.717) is 18.2 Å². The van der Waals surface area contributed by atoms with Crippen LogP contribution < -0.4 is 15.0 Å². The number of benzene rings is 2. The van der Waals surface area contributed by atoms with E-state index < -0.39 is 0 Å². The first-order valence-electron chi connectivity index (χ1n) is 8.99. The molecule has 1 heterocycles. The molecule has 3 aromatic rings. The molecule has 0 bridgehead atoms. The normalized spacial score (nSPS) is 10.6. The smallest absolute Gasteiger partial charge is 0.124 e. The van der Waals surface area contributed by atoms with Gasteiger partial charge in [-0.1, -0.05) is 35.9 Å². The highest BCUT2D eigenvalue weighted by molar-refractivity contribution is 6.30. The number of para-hydroxylation sites is 1. The van der Waals surface area contributed by atoms with Crippen LogP contribution in [0.5, 0.6) is 5.75 Å². The third kappa shape index (κ3) is 5.98. The second-order valence-corrected chi connectivity index (χ2v) is 6.77. The average molecular weight is 382 g/mol. The summed E-state index contributed by atoms with van der Waals surface area (Å²) in [5, 5.41) is 4.19. The summed E-state index contributed by atoms with van der Waals surface area (Å²) in [7, 11) is 2.10. The van der Waals surface area contributed by atoms with Gasteiger partial charge < -0.3 is 15.0 Å². The molecule has 2 aromatic carbocycles. The van der Waals surface area contributed by atoms with E-state index in [-0.39, 0.29) is 0 Å². The van der Waals surface area contributed by atoms with Crippen molar-refractivity contribution < 1.29 is 4.74 Å². The molecule has 0 aliphatic heterocycles. The number of hydrogen-bond donors (Lipinski definition) is 1. The Bertz CT molecular complexity index is 827. The number of anilines is 1. The average Bonchev–Trinajstić information content (AvgIpc) is 2.72. The summed E-state index contributed by atoms with van der Waals surface area (Å²) in [5.41, 5.74) is 3.30. The van der Waals surface area contributed by atoms with Gasteiger partial charge in [0.15, 0.2) is 0 Å². The number of nitrogens with one attached hydrogen (secondary N) is 1. The topological polar surface area (TPSA) is 37.4 Å². The van der Waals surface area contributed by atoms with Crippen molar-refractivity contribution in [1.82, 2.24) is 10.3 Å². The fourth-order valence-corrected chi connectivity index (χ4v) is 2.95. The van der Waals surface area contributed by atoms with Crippen LogP contribution in [0.1, 0.15) is 11.1 Å². The van der Waals surface area contributed by atoms with E-state index in [0.717, 1.165) is 30.0 Å². The SMILES string of the molecule is CN(CCNCc1cc(Cl)ccc1OCc1cccnc1)c1ccccc1. The first-order valence-corrected chi connectivity index (χ1v) is 9.37. The van der Waals surface area contributed by atoms with Gasteiger partial charge in [0.25, 0.3) is 0 Å². The molecule has 0 fully saturated rings. The van der Waals surface area contributed by atoms with Gasteiger partial charge in [-0.05, 0) is 36.4 Å². The molecule has 0 amide bonds. The Kier molecular flexibility index (Phi) is 7.08. The monoisotopic (exact) mass is 381 g/mol. The predicted octanol–water partition coefficient (Wildman–Crippen LogP) is 4.54. The van der Waals surface area contributed by atoms with Crippen LogP contribution in [0.3, 0.4) is 0 Å². The summed E-state index contributed by atoms with van der Waals surface area (Å²) in [4.78, 5) is 6.34. The van der Waals surface area contributed by atoms with Crippen molar-refractivity contribution in [1.29, 1.82) is 0 Å². The van der Waals surface area contributed by atoms with Crippen LogP contribution in [0.2, 0.25) is 5.02 Å². The number of hydrogen-bond acceptors (Lipinski definition) is 4. The van der Waals surface area contributed by atoms with Gasteiger partial charge in [-0.15, -0.1) is 0 Å². The molecule has 0 radical (unpaired) electrons. The number of pyridine rings is 1. The van der Waals surface area contributed by atoms with Crippen molar-refractivity contribution in [3.63, 3.8) is 0 Å². The zero-order valence-corrected chi connectivity index (χ0v) is 16.2. The molecule has 5 heteroatoms. The minimum Gasteiger partial charge on any atom is -0.489 e. The van der Waals surface area contributed by atoms with E-state index in [4.69, 9.17) is 16.3 Å². The van der Waals surface area contributed by atoms with Gasteiger partial charge in [-0.3, -0.25) is 4.98 Å². The minimum atomic E-state index is 0.485. The Labute approximate surface area is 165 Å². The lowest BCUT2D eigenvalue weighted by atomic mass is 10.2. The molecule has 0 saturated heterocycles. The summed E-state index contributed by atoms with van der Waals surface area (Å²) in [5.74, 6) is 0.840. The highest BCUT2D eigenvalue weighted by Gasteiger charge is 2.06. The van der Waals surface area contributed by atoms with E-state index in [1.807, 2.05) is 42.6 Å². The highest BCUT2D eigenvalue weighted by atomic mass is 35.5. The Morgan fingerprint density at radius 1 is 1.07 bits per heavy atom. The largest absolute Gasteiger partial charge is 0.489 e. The molecule has 0 atom stereocenters. The number of aromatic nitrogens is 1. The summed E-state index contributed by atoms with van der Waals surface area (Å²) in [6.07, 6.45) is 3.57. The second-order valence-electron chi connectivity index (χ2n) is 6.34. The van der Waals surface area contributed by atoms with E-state index in [1.54, 1.807) is 6.20 Å². The first-order chi connectivity index (χ1) is 13.2. The molecule has 0 aliphatic rings. The minimum absolute atomic E-state index is 0.485. The van der Waals surface area contributed by atoms with Gasteiger partial charge in [0.1, 0.15) is 12.4 Å². The fraction of sp³-hybridized carbons (Fsp3) is 0.227. The summed E-state index contributed by atoms with van der Waals surface area (Å²) in [6.45, 7) is 2.96. The van der Waals surface area contributed by atoms with E-state index in [1.165, 1.54) is 5.69 Å². The van der Waals surface area contributed by atoms with Crippen molar-refractivity contribution in [2.45, 2.75) is 13.2 Å². The molecule has 1 aromatic heterocycles. The first kappa shape index (κ1) is 19.2. The number of nitrogens with zero attached hydrogens (tertiary/aromatic N) is 2. The lowest BCUT2D eigenvalue weighted by Gasteiger charge is -2.19. The van der Waals surface area contributed by atoms with E-state index in [9.17, 15) is 0 Å². The Morgan fingerprint density at radius 2 is 1.93 bits per heavy atom. The Balaban J connectivity index is 1.52. The maximum Gasteiger partial charge on any atom is 0.124 e. The van der Waals surface area contributed by atoms with E-state index in [2.05, 4.69) is 46.5 Å². The van der Waals surface area contributed by atoms with Gasteiger partial charge in [-0.2, -0.15) is 0 Å². The maximum absolute atomic E-state index is 6.18. The van der Waals surface area contributed by atoms with Crippen LogP contribution in [0.15, 0.2) is 73.1 Å². The summed E-state index contributed by atoms with van der Waals surface area (Å²) in [6, 6.07) is 20.0. The molecule has 0 unspecified atom stereocenters. The van der Waals surface area contributed by atoms with Crippen LogP contribution in [-0.2, 0) is 13.2 Å². The van der Waals surface area contributed by atoms with Crippen molar-refractivity contribution in [3.8, 4) is 5.75 Å². The van der Waals surface area contributed by atoms with Crippen LogP contribution in [0, 0.1) is 0 Å². The second kappa shape index (κ2) is 9.95. The van der Waals surface area contributed by atoms with Crippen LogP contribution in [-0.4, -0.2) is 25.1 Å². The lowest BCUT2D eigenvalue weighted by molar-refractivity contribution is 0.301. The molecular weight excluding hydrogens is 358 g/mol. The molecule has 140 valence electrons. The van der Waals surface area contributed by atoms with E-state index >= 15 is 0 Å². The fourth-order valence-electron chi connectivity index (χ4n) is 2.75. The number of rotatable bonds is 9. The number of ether oxygens (including phenoxy) is 1. The lowest BCUT2D eigenvalue weighted by Crippen LogP contribution is -2.28. The highest BCUT2D eigenvalue weighted by Crippen LogP contribution is 2.23. The summed E-state index contributed by atoms with van der Waals surface area (Å²) >= 11 is 6.18. The van der Waals surface area contributed by atoms with Gasteiger partial charge in [0, 0.05) is 60.9 Å². The van der Waals surface area contributed by atoms with Crippen molar-refractivity contribution in [3.05, 3.63) is 89.2 Å². The van der Waals surface area contributed by atoms with Gasteiger partial charge in [0.2, 0.25) is 0 Å². The number of likely N-dealkylation sites (N-methyl/N-ethyl adjacent to an activating group) is 1. The predicted molar refractivity (Wildman–Crippen MR) is 111 cm³/mol. The Hall–Kier alpha value is -2.56. The molecular formula is C22H24ClN3O. The third-order valence-electron chi connectivity index (χ3n) is 4.28. The van der Waals surface area contributed by atoms with Crippen LogP contribution in [0.4, 0.5) is 5.69 Å². The molecule has 0 spiro atoms. The number of halogens is 1. The van der Waals surface area contributed by atoms with Crippen molar-refractivity contribution in [2.24, 2.45) is 0 Å². The molecule has 0 saturated carbocycles. The molecule has 0 aliphatic carbocycles. The molecule has 3 rings (SSSR count). The third-order valence-corrected chi connectivity index (χ3v) is 4.51. The quantitative estimate of drug-likeness (QED) is 0.552. The standard InChI is InChI=1S/C22H24ClN3O/c1-26(21-7-3-2-4-8-21)13-12-25-16-19-14-20(23)9-10-22(19)27-17-18-6-5-11-24-15-18/h2-11,14-15,25H,12-13,16-17H2,1H3.